The van der Waals surface area contributed by atoms with Gasteiger partial charge in [0.2, 0.25) is 10.0 Å². The number of nitrogens with zero attached hydrogens (tertiary/aromatic N) is 2. The van der Waals surface area contributed by atoms with Crippen molar-refractivity contribution in [1.29, 1.82) is 0 Å². The van der Waals surface area contributed by atoms with E-state index in [-0.39, 0.29) is 10.9 Å². The van der Waals surface area contributed by atoms with Crippen molar-refractivity contribution in [3.05, 3.63) is 28.3 Å². The van der Waals surface area contributed by atoms with Gasteiger partial charge in [0, 0.05) is 18.7 Å². The second-order valence-electron chi connectivity index (χ2n) is 4.73. The Kier molecular flexibility index (Phi) is 3.96. The third-order valence-electron chi connectivity index (χ3n) is 3.54. The highest BCUT2D eigenvalue weighted by molar-refractivity contribution is 7.89. The van der Waals surface area contributed by atoms with Crippen molar-refractivity contribution in [3.63, 3.8) is 0 Å². The minimum Gasteiger partial charge on any atom is -0.502 e. The second kappa shape index (κ2) is 5.37. The quantitative estimate of drug-likeness (QED) is 0.675. The molecular weight excluding hydrogens is 284 g/mol. The maximum absolute atomic E-state index is 12.5. The molecule has 7 nitrogen and oxygen atoms in total. The van der Waals surface area contributed by atoms with E-state index in [2.05, 4.69) is 0 Å². The first-order valence-electron chi connectivity index (χ1n) is 6.37. The molecule has 1 N–H and O–H groups in total. The molecule has 1 saturated heterocycles. The van der Waals surface area contributed by atoms with E-state index in [0.29, 0.717) is 13.0 Å². The summed E-state index contributed by atoms with van der Waals surface area (Å²) < 4.78 is 26.4. The molecule has 20 heavy (non-hydrogen) atoms. The summed E-state index contributed by atoms with van der Waals surface area (Å²) >= 11 is 0. The first-order chi connectivity index (χ1) is 9.37. The van der Waals surface area contributed by atoms with E-state index in [1.807, 2.05) is 6.92 Å². The Labute approximate surface area is 117 Å². The van der Waals surface area contributed by atoms with Crippen LogP contribution in [-0.2, 0) is 10.0 Å². The van der Waals surface area contributed by atoms with Crippen LogP contribution < -0.4 is 0 Å². The Morgan fingerprint density at radius 1 is 1.50 bits per heavy atom. The van der Waals surface area contributed by atoms with Gasteiger partial charge in [-0.1, -0.05) is 6.92 Å². The van der Waals surface area contributed by atoms with E-state index < -0.39 is 26.4 Å². The normalized spacial score (nSPS) is 20.1. The zero-order chi connectivity index (χ0) is 14.9. The number of sulfonamides is 1. The Bertz CT molecular complexity index is 629. The molecule has 0 amide bonds. The highest BCUT2D eigenvalue weighted by atomic mass is 32.2. The summed E-state index contributed by atoms with van der Waals surface area (Å²) in [7, 11) is -3.75. The number of phenolic OH excluding ortho intramolecular Hbond substituents is 1. The SMILES string of the molecule is CCC1CCCN1S(=O)(=O)c1ccc(O)c([N+](=O)[O-])c1. The van der Waals surface area contributed by atoms with E-state index in [0.717, 1.165) is 25.0 Å². The summed E-state index contributed by atoms with van der Waals surface area (Å²) in [5.74, 6) is -0.539. The van der Waals surface area contributed by atoms with E-state index in [4.69, 9.17) is 0 Å². The van der Waals surface area contributed by atoms with Gasteiger partial charge in [-0.25, -0.2) is 8.42 Å². The standard InChI is InChI=1S/C12H16N2O5S/c1-2-9-4-3-7-13(9)20(18,19)10-5-6-12(15)11(8-10)14(16)17/h5-6,8-9,15H,2-4,7H2,1H3. The third kappa shape index (κ3) is 2.48. The topological polar surface area (TPSA) is 101 Å². The summed E-state index contributed by atoms with van der Waals surface area (Å²) in [4.78, 5) is 9.83. The number of phenols is 1. The van der Waals surface area contributed by atoms with Gasteiger partial charge in [0.15, 0.2) is 5.75 Å². The van der Waals surface area contributed by atoms with Crippen LogP contribution in [-0.4, -0.2) is 35.3 Å². The van der Waals surface area contributed by atoms with E-state index in [1.54, 1.807) is 0 Å². The summed E-state index contributed by atoms with van der Waals surface area (Å²) in [5, 5.41) is 20.2. The fourth-order valence-corrected chi connectivity index (χ4v) is 4.27. The van der Waals surface area contributed by atoms with E-state index in [1.165, 1.54) is 10.4 Å². The Hall–Kier alpha value is -1.67. The monoisotopic (exact) mass is 300 g/mol. The minimum atomic E-state index is -3.75. The van der Waals surface area contributed by atoms with Gasteiger partial charge in [0.1, 0.15) is 0 Å². The van der Waals surface area contributed by atoms with Gasteiger partial charge < -0.3 is 5.11 Å². The zero-order valence-electron chi connectivity index (χ0n) is 11.0. The average molecular weight is 300 g/mol. The lowest BCUT2D eigenvalue weighted by Crippen LogP contribution is -2.35. The van der Waals surface area contributed by atoms with Gasteiger partial charge >= 0.3 is 5.69 Å². The van der Waals surface area contributed by atoms with Crippen molar-refractivity contribution in [2.45, 2.75) is 37.1 Å². The summed E-state index contributed by atoms with van der Waals surface area (Å²) in [6.45, 7) is 2.34. The van der Waals surface area contributed by atoms with Crippen molar-refractivity contribution in [3.8, 4) is 5.75 Å². The van der Waals surface area contributed by atoms with Crippen LogP contribution in [0.5, 0.6) is 5.75 Å². The molecule has 1 aromatic carbocycles. The van der Waals surface area contributed by atoms with Crippen LogP contribution in [0.4, 0.5) is 5.69 Å². The van der Waals surface area contributed by atoms with Crippen LogP contribution >= 0.6 is 0 Å². The lowest BCUT2D eigenvalue weighted by atomic mass is 10.2. The third-order valence-corrected chi connectivity index (χ3v) is 5.49. The Morgan fingerprint density at radius 3 is 2.80 bits per heavy atom. The van der Waals surface area contributed by atoms with Crippen molar-refractivity contribution in [2.75, 3.05) is 6.54 Å². The van der Waals surface area contributed by atoms with Crippen LogP contribution in [0.25, 0.3) is 0 Å². The molecule has 1 fully saturated rings. The van der Waals surface area contributed by atoms with Crippen LogP contribution in [0.3, 0.4) is 0 Å². The molecule has 0 aliphatic carbocycles. The molecule has 1 atom stereocenters. The van der Waals surface area contributed by atoms with E-state index in [9.17, 15) is 23.6 Å². The molecule has 1 aromatic rings. The summed E-state index contributed by atoms with van der Waals surface area (Å²) in [6.07, 6.45) is 2.30. The zero-order valence-corrected chi connectivity index (χ0v) is 11.8. The fraction of sp³-hybridized carbons (Fsp3) is 0.500. The molecule has 0 radical (unpaired) electrons. The van der Waals surface area contributed by atoms with Crippen molar-refractivity contribution >= 4 is 15.7 Å². The molecular formula is C12H16N2O5S. The van der Waals surface area contributed by atoms with Crippen LogP contribution in [0.15, 0.2) is 23.1 Å². The van der Waals surface area contributed by atoms with Gasteiger partial charge in [-0.15, -0.1) is 0 Å². The number of hydrogen-bond acceptors (Lipinski definition) is 5. The van der Waals surface area contributed by atoms with Crippen molar-refractivity contribution < 1.29 is 18.4 Å². The highest BCUT2D eigenvalue weighted by Gasteiger charge is 2.35. The van der Waals surface area contributed by atoms with E-state index >= 15 is 0 Å². The van der Waals surface area contributed by atoms with Crippen molar-refractivity contribution in [2.24, 2.45) is 0 Å². The predicted molar refractivity (Wildman–Crippen MR) is 72.0 cm³/mol. The fourth-order valence-electron chi connectivity index (χ4n) is 2.48. The maximum Gasteiger partial charge on any atom is 0.312 e. The average Bonchev–Trinajstić information content (AvgIpc) is 2.87. The number of hydrogen-bond donors (Lipinski definition) is 1. The van der Waals surface area contributed by atoms with Gasteiger partial charge in [0.05, 0.1) is 9.82 Å². The first kappa shape index (κ1) is 14.7. The van der Waals surface area contributed by atoms with Crippen LogP contribution in [0, 0.1) is 10.1 Å². The van der Waals surface area contributed by atoms with Gasteiger partial charge in [-0.2, -0.15) is 4.31 Å². The number of aromatic hydroxyl groups is 1. The molecule has 1 unspecified atom stereocenters. The highest BCUT2D eigenvalue weighted by Crippen LogP contribution is 2.32. The molecule has 1 heterocycles. The molecule has 2 rings (SSSR count). The Morgan fingerprint density at radius 2 is 2.20 bits per heavy atom. The number of rotatable bonds is 4. The minimum absolute atomic E-state index is 0.0622. The molecule has 8 heteroatoms. The van der Waals surface area contributed by atoms with Gasteiger partial charge in [0.25, 0.3) is 0 Å². The van der Waals surface area contributed by atoms with Crippen LogP contribution in [0.2, 0.25) is 0 Å². The first-order valence-corrected chi connectivity index (χ1v) is 7.81. The summed E-state index contributed by atoms with van der Waals surface area (Å²) in [5.41, 5.74) is -0.599. The van der Waals surface area contributed by atoms with Crippen molar-refractivity contribution in [1.82, 2.24) is 4.31 Å². The maximum atomic E-state index is 12.5. The molecule has 0 spiro atoms. The van der Waals surface area contributed by atoms with Crippen LogP contribution in [0.1, 0.15) is 26.2 Å². The number of nitro benzene ring substituents is 1. The molecule has 1 aliphatic heterocycles. The summed E-state index contributed by atoms with van der Waals surface area (Å²) in [6, 6.07) is 3.09. The lowest BCUT2D eigenvalue weighted by molar-refractivity contribution is -0.386. The molecule has 1 aliphatic rings. The Balaban J connectivity index is 2.44. The largest absolute Gasteiger partial charge is 0.502 e. The number of benzene rings is 1. The molecule has 0 bridgehead atoms. The second-order valence-corrected chi connectivity index (χ2v) is 6.62. The van der Waals surface area contributed by atoms with Gasteiger partial charge in [-0.05, 0) is 31.4 Å². The smallest absolute Gasteiger partial charge is 0.312 e. The predicted octanol–water partition coefficient (Wildman–Crippen LogP) is 1.86. The molecule has 0 aromatic heterocycles. The number of nitro groups is 1. The lowest BCUT2D eigenvalue weighted by Gasteiger charge is -2.22. The molecule has 110 valence electrons. The molecule has 0 saturated carbocycles. The van der Waals surface area contributed by atoms with Gasteiger partial charge in [-0.3, -0.25) is 10.1 Å².